The second-order valence-corrected chi connectivity index (χ2v) is 1.06. The van der Waals surface area contributed by atoms with Gasteiger partial charge in [-0.3, -0.25) is 4.79 Å². The average Bonchev–Trinajstić information content (AvgIpc) is 2.17. The van der Waals surface area contributed by atoms with Gasteiger partial charge in [-0.05, 0) is 0 Å². The summed E-state index contributed by atoms with van der Waals surface area (Å²) in [7, 11) is 0. The summed E-state index contributed by atoms with van der Waals surface area (Å²) in [5.74, 6) is 0. The second kappa shape index (κ2) is 5.97. The van der Waals surface area contributed by atoms with Crippen LogP contribution in [0, 0.1) is 0 Å². The number of hydrogen-bond acceptors (Lipinski definition) is 3. The smallest absolute Gasteiger partial charge is 0.204 e. The maximum Gasteiger partial charge on any atom is 0.204 e. The molecule has 0 atom stereocenters. The zero-order chi connectivity index (χ0) is 6.24. The molecule has 0 radical (unpaired) electrons. The summed E-state index contributed by atoms with van der Waals surface area (Å²) < 4.78 is 0. The second-order valence-electron chi connectivity index (χ2n) is 1.06. The van der Waals surface area contributed by atoms with Crippen LogP contribution in [-0.4, -0.2) is 13.0 Å². The molecular formula is C4H9N3O. The highest BCUT2D eigenvalue weighted by Crippen LogP contribution is 1.67. The third-order valence-electron chi connectivity index (χ3n) is 0.523. The van der Waals surface area contributed by atoms with Gasteiger partial charge in [-0.1, -0.05) is 6.08 Å². The molecule has 0 fully saturated rings. The Morgan fingerprint density at radius 1 is 1.75 bits per heavy atom. The predicted octanol–water partition coefficient (Wildman–Crippen LogP) is -1.29. The lowest BCUT2D eigenvalue weighted by molar-refractivity contribution is -0.106. The highest BCUT2D eigenvalue weighted by atomic mass is 16.1. The van der Waals surface area contributed by atoms with Gasteiger partial charge in [0.25, 0.3) is 0 Å². The van der Waals surface area contributed by atoms with Crippen LogP contribution < -0.4 is 16.6 Å². The van der Waals surface area contributed by atoms with Gasteiger partial charge in [0.05, 0.1) is 0 Å². The molecular weight excluding hydrogens is 106 g/mol. The number of carbonyl (C=O) groups excluding carboxylic acids is 1. The number of hydrogen-bond donors (Lipinski definition) is 3. The molecule has 8 heavy (non-hydrogen) atoms. The minimum absolute atomic E-state index is 0.250. The molecule has 0 bridgehead atoms. The van der Waals surface area contributed by atoms with Crippen LogP contribution in [0.1, 0.15) is 0 Å². The molecule has 4 N–H and O–H groups in total. The number of primary amides is 1. The number of amides is 1. The molecule has 0 aromatic rings. The minimum atomic E-state index is 0.250. The molecule has 0 spiro atoms. The van der Waals surface area contributed by atoms with Crippen molar-refractivity contribution < 1.29 is 4.79 Å². The zero-order valence-corrected chi connectivity index (χ0v) is 4.42. The molecule has 46 valence electrons. The fourth-order valence-corrected chi connectivity index (χ4v) is 0.295. The fourth-order valence-electron chi connectivity index (χ4n) is 0.295. The van der Waals surface area contributed by atoms with Crippen LogP contribution in [-0.2, 0) is 4.79 Å². The Bertz CT molecular complexity index is 75.4. The summed E-state index contributed by atoms with van der Waals surface area (Å²) in [6, 6.07) is 0. The third-order valence-corrected chi connectivity index (χ3v) is 0.523. The summed E-state index contributed by atoms with van der Waals surface area (Å²) in [4.78, 5) is 8.58. The normalized spacial score (nSPS) is 13.5. The van der Waals surface area contributed by atoms with Crippen molar-refractivity contribution >= 4 is 6.41 Å². The lowest BCUT2D eigenvalue weighted by atomic mass is 10.7. The Labute approximate surface area is 47.7 Å². The van der Waals surface area contributed by atoms with Crippen LogP contribution >= 0.6 is 0 Å². The maximum absolute atomic E-state index is 8.58. The molecule has 0 saturated heterocycles. The fraction of sp³-hybridized carbons (Fsp3) is 0.250. The number of nitrogens with one attached hydrogen (secondary N) is 2. The Morgan fingerprint density at radius 3 is 2.50 bits per heavy atom. The van der Waals surface area contributed by atoms with Gasteiger partial charge >= 0.3 is 0 Å². The van der Waals surface area contributed by atoms with Crippen molar-refractivity contribution in [2.45, 2.75) is 0 Å². The van der Waals surface area contributed by atoms with E-state index in [1.54, 1.807) is 0 Å². The van der Waals surface area contributed by atoms with E-state index in [1.165, 1.54) is 0 Å². The van der Waals surface area contributed by atoms with Crippen LogP contribution in [0.5, 0.6) is 0 Å². The van der Waals surface area contributed by atoms with Crippen molar-refractivity contribution in [3.63, 3.8) is 0 Å². The molecule has 1 amide bonds. The van der Waals surface area contributed by atoms with Crippen molar-refractivity contribution in [3.8, 4) is 0 Å². The van der Waals surface area contributed by atoms with E-state index in [0.717, 1.165) is 6.54 Å². The average molecular weight is 115 g/mol. The van der Waals surface area contributed by atoms with Crippen LogP contribution in [0.25, 0.3) is 0 Å². The summed E-state index contributed by atoms with van der Waals surface area (Å²) in [6.45, 7) is 0.958. The highest BCUT2D eigenvalue weighted by Gasteiger charge is 1.78. The van der Waals surface area contributed by atoms with Crippen molar-refractivity contribution in [2.24, 2.45) is 5.73 Å². The SMILES string of the molecule is C1=CNNC1.NC=O. The van der Waals surface area contributed by atoms with E-state index in [2.05, 4.69) is 16.6 Å². The Hall–Kier alpha value is -1.03. The molecule has 1 aliphatic heterocycles. The van der Waals surface area contributed by atoms with Gasteiger partial charge in [-0.15, -0.1) is 0 Å². The third kappa shape index (κ3) is 4.97. The van der Waals surface area contributed by atoms with Gasteiger partial charge in [-0.2, -0.15) is 0 Å². The molecule has 1 heterocycles. The van der Waals surface area contributed by atoms with Crippen LogP contribution in [0.2, 0.25) is 0 Å². The van der Waals surface area contributed by atoms with Crippen molar-refractivity contribution in [1.82, 2.24) is 10.9 Å². The van der Waals surface area contributed by atoms with E-state index >= 15 is 0 Å². The van der Waals surface area contributed by atoms with Gasteiger partial charge in [-0.25, -0.2) is 5.43 Å². The van der Waals surface area contributed by atoms with E-state index in [-0.39, 0.29) is 6.41 Å². The van der Waals surface area contributed by atoms with Gasteiger partial charge in [0.15, 0.2) is 0 Å². The van der Waals surface area contributed by atoms with Crippen LogP contribution in [0.4, 0.5) is 0 Å². The topological polar surface area (TPSA) is 67.2 Å². The number of nitrogens with two attached hydrogens (primary N) is 1. The van der Waals surface area contributed by atoms with Crippen molar-refractivity contribution in [1.29, 1.82) is 0 Å². The molecule has 0 aromatic heterocycles. The molecule has 4 heteroatoms. The Kier molecular flexibility index (Phi) is 5.20. The van der Waals surface area contributed by atoms with Crippen LogP contribution in [0.15, 0.2) is 12.3 Å². The molecule has 0 aromatic carbocycles. The van der Waals surface area contributed by atoms with E-state index in [0.29, 0.717) is 0 Å². The molecule has 1 rings (SSSR count). The lowest BCUT2D eigenvalue weighted by Gasteiger charge is -1.83. The largest absolute Gasteiger partial charge is 0.372 e. The number of carbonyl (C=O) groups is 1. The van der Waals surface area contributed by atoms with Gasteiger partial charge in [0.2, 0.25) is 6.41 Å². The van der Waals surface area contributed by atoms with Crippen molar-refractivity contribution in [2.75, 3.05) is 6.54 Å². The van der Waals surface area contributed by atoms with Gasteiger partial charge < -0.3 is 11.2 Å². The summed E-state index contributed by atoms with van der Waals surface area (Å²) >= 11 is 0. The molecule has 0 aliphatic carbocycles. The first-order chi connectivity index (χ1) is 3.91. The number of hydrazine groups is 1. The first-order valence-corrected chi connectivity index (χ1v) is 2.20. The monoisotopic (exact) mass is 115 g/mol. The lowest BCUT2D eigenvalue weighted by Crippen LogP contribution is -2.19. The predicted molar refractivity (Wildman–Crippen MR) is 30.5 cm³/mol. The first kappa shape index (κ1) is 6.97. The molecule has 0 unspecified atom stereocenters. The van der Waals surface area contributed by atoms with Crippen LogP contribution in [0.3, 0.4) is 0 Å². The van der Waals surface area contributed by atoms with E-state index in [4.69, 9.17) is 4.79 Å². The number of rotatable bonds is 0. The Balaban J connectivity index is 0.000000145. The molecule has 4 nitrogen and oxygen atoms in total. The standard InChI is InChI=1S/C3H6N2.CH3NO/c1-2-4-5-3-1;2-1-3/h1-2,4-5H,3H2;1H,(H2,2,3). The van der Waals surface area contributed by atoms with Gasteiger partial charge in [0.1, 0.15) is 0 Å². The minimum Gasteiger partial charge on any atom is -0.372 e. The van der Waals surface area contributed by atoms with Crippen molar-refractivity contribution in [3.05, 3.63) is 12.3 Å². The van der Waals surface area contributed by atoms with Gasteiger partial charge in [0, 0.05) is 12.7 Å². The summed E-state index contributed by atoms with van der Waals surface area (Å²) in [5.41, 5.74) is 9.82. The Morgan fingerprint density at radius 2 is 2.38 bits per heavy atom. The van der Waals surface area contributed by atoms with E-state index in [1.807, 2.05) is 12.3 Å². The van der Waals surface area contributed by atoms with E-state index in [9.17, 15) is 0 Å². The molecule has 1 aliphatic rings. The zero-order valence-electron chi connectivity index (χ0n) is 4.42. The molecule has 0 saturated carbocycles. The van der Waals surface area contributed by atoms with E-state index < -0.39 is 0 Å². The quantitative estimate of drug-likeness (QED) is 0.344. The first-order valence-electron chi connectivity index (χ1n) is 2.20. The summed E-state index contributed by atoms with van der Waals surface area (Å²) in [6.07, 6.45) is 4.14. The maximum atomic E-state index is 8.58. The highest BCUT2D eigenvalue weighted by molar-refractivity contribution is 5.42. The summed E-state index contributed by atoms with van der Waals surface area (Å²) in [5, 5.41) is 0.